The molecule has 2 fully saturated rings. The van der Waals surface area contributed by atoms with Gasteiger partial charge in [-0.3, -0.25) is 9.59 Å². The normalized spacial score (nSPS) is 26.6. The van der Waals surface area contributed by atoms with Gasteiger partial charge in [-0.25, -0.2) is 4.98 Å². The number of nitrogens with zero attached hydrogens (tertiary/aromatic N) is 3. The van der Waals surface area contributed by atoms with Crippen LogP contribution in [-0.2, 0) is 22.5 Å². The van der Waals surface area contributed by atoms with Gasteiger partial charge in [-0.1, -0.05) is 6.92 Å². The van der Waals surface area contributed by atoms with Crippen LogP contribution in [0.3, 0.4) is 0 Å². The maximum atomic E-state index is 12.7. The van der Waals surface area contributed by atoms with Crippen molar-refractivity contribution in [2.45, 2.75) is 51.7 Å². The second-order valence-electron chi connectivity index (χ2n) is 7.40. The van der Waals surface area contributed by atoms with E-state index in [2.05, 4.69) is 11.9 Å². The number of oxazole rings is 1. The third-order valence-electron chi connectivity index (χ3n) is 5.37. The van der Waals surface area contributed by atoms with Gasteiger partial charge in [0.2, 0.25) is 0 Å². The van der Waals surface area contributed by atoms with Crippen LogP contribution in [0.4, 0.5) is 0 Å². The number of fused-ring (bicyclic) bond motifs is 1. The highest BCUT2D eigenvalue weighted by Crippen LogP contribution is 2.24. The number of carbonyl (C=O) groups excluding carboxylic acids is 2. The summed E-state index contributed by atoms with van der Waals surface area (Å²) in [6, 6.07) is 0. The molecule has 25 heavy (non-hydrogen) atoms. The number of amides is 2. The molecular weight excluding hydrogens is 322 g/mol. The second kappa shape index (κ2) is 6.78. The molecule has 1 aromatic heterocycles. The summed E-state index contributed by atoms with van der Waals surface area (Å²) < 4.78 is 11.2. The maximum Gasteiger partial charge on any atom is 0.309 e. The van der Waals surface area contributed by atoms with Crippen LogP contribution >= 0.6 is 0 Å². The van der Waals surface area contributed by atoms with E-state index in [1.165, 1.54) is 0 Å². The number of piperidine rings is 1. The topological polar surface area (TPSA) is 75.9 Å². The first kappa shape index (κ1) is 16.6. The first-order valence-electron chi connectivity index (χ1n) is 9.30. The van der Waals surface area contributed by atoms with Gasteiger partial charge >= 0.3 is 5.91 Å². The van der Waals surface area contributed by atoms with Crippen molar-refractivity contribution in [1.29, 1.82) is 0 Å². The van der Waals surface area contributed by atoms with Crippen molar-refractivity contribution < 1.29 is 18.7 Å². The van der Waals surface area contributed by atoms with Crippen LogP contribution < -0.4 is 0 Å². The van der Waals surface area contributed by atoms with Gasteiger partial charge in [0.15, 0.2) is 0 Å². The van der Waals surface area contributed by atoms with Crippen LogP contribution in [0.2, 0.25) is 0 Å². The fourth-order valence-corrected chi connectivity index (χ4v) is 3.96. The Morgan fingerprint density at radius 2 is 2.04 bits per heavy atom. The van der Waals surface area contributed by atoms with Crippen molar-refractivity contribution in [3.8, 4) is 0 Å². The van der Waals surface area contributed by atoms with Gasteiger partial charge in [0.25, 0.3) is 11.8 Å². The summed E-state index contributed by atoms with van der Waals surface area (Å²) in [7, 11) is 0. The standard InChI is InChI=1S/C18H25N3O4/c1-12-4-2-7-20(10-12)18(23)16-19-13-11-21(8-6-14(13)25-16)17(22)15-5-3-9-24-15/h12,15H,2-11H2,1H3/t12-,15+/m1/s1. The summed E-state index contributed by atoms with van der Waals surface area (Å²) in [5.41, 5.74) is 0.714. The zero-order valence-corrected chi connectivity index (χ0v) is 14.7. The molecule has 7 heteroatoms. The molecule has 3 aliphatic rings. The van der Waals surface area contributed by atoms with E-state index in [0.717, 1.165) is 44.5 Å². The van der Waals surface area contributed by atoms with E-state index in [1.54, 1.807) is 4.90 Å². The summed E-state index contributed by atoms with van der Waals surface area (Å²) in [6.45, 7) is 5.34. The van der Waals surface area contributed by atoms with Crippen LogP contribution in [0.5, 0.6) is 0 Å². The van der Waals surface area contributed by atoms with Crippen molar-refractivity contribution in [3.05, 3.63) is 17.3 Å². The van der Waals surface area contributed by atoms with E-state index >= 15 is 0 Å². The zero-order chi connectivity index (χ0) is 17.4. The van der Waals surface area contributed by atoms with E-state index in [0.29, 0.717) is 37.7 Å². The lowest BCUT2D eigenvalue weighted by Crippen LogP contribution is -2.41. The Kier molecular flexibility index (Phi) is 4.50. The molecule has 3 aliphatic heterocycles. The smallest absolute Gasteiger partial charge is 0.309 e. The molecule has 2 saturated heterocycles. The molecule has 0 N–H and O–H groups in total. The first-order valence-corrected chi connectivity index (χ1v) is 9.30. The van der Waals surface area contributed by atoms with Gasteiger partial charge in [0.1, 0.15) is 17.6 Å². The van der Waals surface area contributed by atoms with Gasteiger partial charge < -0.3 is 19.0 Å². The van der Waals surface area contributed by atoms with Crippen LogP contribution in [0.1, 0.15) is 54.7 Å². The number of hydrogen-bond acceptors (Lipinski definition) is 5. The number of carbonyl (C=O) groups is 2. The predicted molar refractivity (Wildman–Crippen MR) is 88.9 cm³/mol. The second-order valence-corrected chi connectivity index (χ2v) is 7.40. The van der Waals surface area contributed by atoms with Crippen LogP contribution in [0.15, 0.2) is 4.42 Å². The number of rotatable bonds is 2. The summed E-state index contributed by atoms with van der Waals surface area (Å²) in [4.78, 5) is 33.2. The average Bonchev–Trinajstić information content (AvgIpc) is 3.29. The molecule has 0 saturated carbocycles. The number of likely N-dealkylation sites (tertiary alicyclic amines) is 1. The van der Waals surface area contributed by atoms with Gasteiger partial charge in [0.05, 0.1) is 6.54 Å². The Morgan fingerprint density at radius 1 is 1.16 bits per heavy atom. The quantitative estimate of drug-likeness (QED) is 0.812. The Labute approximate surface area is 147 Å². The van der Waals surface area contributed by atoms with Crippen molar-refractivity contribution in [2.24, 2.45) is 5.92 Å². The van der Waals surface area contributed by atoms with Crippen molar-refractivity contribution in [1.82, 2.24) is 14.8 Å². The maximum absolute atomic E-state index is 12.7. The molecule has 0 spiro atoms. The molecule has 0 radical (unpaired) electrons. The fraction of sp³-hybridized carbons (Fsp3) is 0.722. The monoisotopic (exact) mass is 347 g/mol. The molecule has 4 rings (SSSR count). The molecule has 2 atom stereocenters. The zero-order valence-electron chi connectivity index (χ0n) is 14.7. The van der Waals surface area contributed by atoms with Crippen molar-refractivity contribution in [2.75, 3.05) is 26.2 Å². The van der Waals surface area contributed by atoms with E-state index in [1.807, 2.05) is 4.90 Å². The molecule has 136 valence electrons. The molecule has 2 amide bonds. The Hall–Kier alpha value is -1.89. The van der Waals surface area contributed by atoms with E-state index < -0.39 is 0 Å². The first-order chi connectivity index (χ1) is 12.1. The Balaban J connectivity index is 1.45. The Bertz CT molecular complexity index is 665. The van der Waals surface area contributed by atoms with Crippen LogP contribution in [0, 0.1) is 5.92 Å². The van der Waals surface area contributed by atoms with E-state index in [9.17, 15) is 9.59 Å². The van der Waals surface area contributed by atoms with Crippen LogP contribution in [-0.4, -0.2) is 58.9 Å². The SMILES string of the molecule is C[C@@H]1CCCN(C(=O)c2nc3c(o2)CCN(C(=O)[C@@H]2CCCO2)C3)C1. The Morgan fingerprint density at radius 3 is 2.80 bits per heavy atom. The summed E-state index contributed by atoms with van der Waals surface area (Å²) in [5.74, 6) is 1.33. The molecule has 0 aliphatic carbocycles. The minimum Gasteiger partial charge on any atom is -0.437 e. The predicted octanol–water partition coefficient (Wildman–Crippen LogP) is 1.61. The van der Waals surface area contributed by atoms with E-state index in [4.69, 9.17) is 9.15 Å². The highest BCUT2D eigenvalue weighted by molar-refractivity contribution is 5.90. The van der Waals surface area contributed by atoms with Gasteiger partial charge in [0, 0.05) is 32.7 Å². The molecule has 0 unspecified atom stereocenters. The van der Waals surface area contributed by atoms with Gasteiger partial charge in [-0.05, 0) is 31.6 Å². The van der Waals surface area contributed by atoms with Gasteiger partial charge in [-0.2, -0.15) is 0 Å². The highest BCUT2D eigenvalue weighted by Gasteiger charge is 2.33. The molecule has 7 nitrogen and oxygen atoms in total. The summed E-state index contributed by atoms with van der Waals surface area (Å²) >= 11 is 0. The summed E-state index contributed by atoms with van der Waals surface area (Å²) in [5, 5.41) is 0. The average molecular weight is 347 g/mol. The summed E-state index contributed by atoms with van der Waals surface area (Å²) in [6.07, 6.45) is 4.20. The fourth-order valence-electron chi connectivity index (χ4n) is 3.96. The third kappa shape index (κ3) is 3.29. The number of ether oxygens (including phenoxy) is 1. The minimum absolute atomic E-state index is 0.0314. The third-order valence-corrected chi connectivity index (χ3v) is 5.37. The molecule has 1 aromatic rings. The highest BCUT2D eigenvalue weighted by atomic mass is 16.5. The lowest BCUT2D eigenvalue weighted by molar-refractivity contribution is -0.142. The molecule has 4 heterocycles. The van der Waals surface area contributed by atoms with E-state index in [-0.39, 0.29) is 23.8 Å². The van der Waals surface area contributed by atoms with Crippen LogP contribution in [0.25, 0.3) is 0 Å². The largest absolute Gasteiger partial charge is 0.437 e. The number of aromatic nitrogens is 1. The van der Waals surface area contributed by atoms with Crippen molar-refractivity contribution in [3.63, 3.8) is 0 Å². The number of hydrogen-bond donors (Lipinski definition) is 0. The minimum atomic E-state index is -0.315. The van der Waals surface area contributed by atoms with Gasteiger partial charge in [-0.15, -0.1) is 0 Å². The molecule has 0 aromatic carbocycles. The van der Waals surface area contributed by atoms with Crippen molar-refractivity contribution >= 4 is 11.8 Å². The molecular formula is C18H25N3O4. The lowest BCUT2D eigenvalue weighted by atomic mass is 10.0. The lowest BCUT2D eigenvalue weighted by Gasteiger charge is -2.29. The molecule has 0 bridgehead atoms.